The van der Waals surface area contributed by atoms with Crippen LogP contribution in [0.15, 0.2) is 35.1 Å². The van der Waals surface area contributed by atoms with Crippen molar-refractivity contribution in [2.45, 2.75) is 6.54 Å². The molecule has 0 aliphatic carbocycles. The lowest BCUT2D eigenvalue weighted by Gasteiger charge is -2.05. The van der Waals surface area contributed by atoms with Crippen LogP contribution in [0.3, 0.4) is 0 Å². The van der Waals surface area contributed by atoms with Gasteiger partial charge in [0, 0.05) is 6.54 Å². The Kier molecular flexibility index (Phi) is 2.69. The van der Waals surface area contributed by atoms with Crippen molar-refractivity contribution in [1.29, 1.82) is 0 Å². The molecule has 1 aromatic carbocycles. The summed E-state index contributed by atoms with van der Waals surface area (Å²) in [7, 11) is 1.62. The summed E-state index contributed by atoms with van der Waals surface area (Å²) in [5.41, 5.74) is 7.17. The lowest BCUT2D eigenvalue weighted by molar-refractivity contribution is 0.414. The highest BCUT2D eigenvalue weighted by atomic mass is 16.5. The summed E-state index contributed by atoms with van der Waals surface area (Å²) in [6.45, 7) is 0.351. The highest BCUT2D eigenvalue weighted by molar-refractivity contribution is 5.67. The van der Waals surface area contributed by atoms with Gasteiger partial charge in [-0.05, 0) is 12.1 Å². The molecule has 15 heavy (non-hydrogen) atoms. The standard InChI is InChI=1S/C11H12N2O2/c1-14-10-5-3-2-4-8(10)11-9(6-12)13-7-15-11/h2-5,7H,6,12H2,1H3. The molecule has 1 aromatic heterocycles. The van der Waals surface area contributed by atoms with Gasteiger partial charge in [0.05, 0.1) is 12.7 Å². The minimum atomic E-state index is 0.351. The Bertz CT molecular complexity index is 451. The Labute approximate surface area is 87.7 Å². The molecule has 0 aliphatic heterocycles. The van der Waals surface area contributed by atoms with E-state index in [4.69, 9.17) is 14.9 Å². The summed E-state index contributed by atoms with van der Waals surface area (Å²) in [5.74, 6) is 1.43. The Morgan fingerprint density at radius 3 is 2.93 bits per heavy atom. The maximum absolute atomic E-state index is 5.56. The van der Waals surface area contributed by atoms with Crippen molar-refractivity contribution in [3.8, 4) is 17.1 Å². The lowest BCUT2D eigenvalue weighted by atomic mass is 10.1. The second-order valence-electron chi connectivity index (χ2n) is 3.03. The van der Waals surface area contributed by atoms with Gasteiger partial charge in [-0.3, -0.25) is 0 Å². The van der Waals surface area contributed by atoms with Gasteiger partial charge in [0.15, 0.2) is 12.2 Å². The Morgan fingerprint density at radius 1 is 1.40 bits per heavy atom. The monoisotopic (exact) mass is 204 g/mol. The maximum Gasteiger partial charge on any atom is 0.181 e. The third kappa shape index (κ3) is 1.71. The first-order chi connectivity index (χ1) is 7.36. The third-order valence-corrected chi connectivity index (χ3v) is 2.19. The van der Waals surface area contributed by atoms with E-state index in [1.54, 1.807) is 7.11 Å². The molecular weight excluding hydrogens is 192 g/mol. The van der Waals surface area contributed by atoms with E-state index in [1.165, 1.54) is 6.39 Å². The fourth-order valence-electron chi connectivity index (χ4n) is 1.47. The lowest BCUT2D eigenvalue weighted by Crippen LogP contribution is -1.98. The van der Waals surface area contributed by atoms with Crippen LogP contribution < -0.4 is 10.5 Å². The van der Waals surface area contributed by atoms with Crippen molar-refractivity contribution in [3.63, 3.8) is 0 Å². The molecule has 2 N–H and O–H groups in total. The topological polar surface area (TPSA) is 61.3 Å². The normalized spacial score (nSPS) is 10.3. The van der Waals surface area contributed by atoms with Gasteiger partial charge in [-0.25, -0.2) is 4.98 Å². The van der Waals surface area contributed by atoms with Crippen molar-refractivity contribution in [2.75, 3.05) is 7.11 Å². The maximum atomic E-state index is 5.56. The quantitative estimate of drug-likeness (QED) is 0.828. The van der Waals surface area contributed by atoms with Crippen LogP contribution in [0.4, 0.5) is 0 Å². The SMILES string of the molecule is COc1ccccc1-c1ocnc1CN. The van der Waals surface area contributed by atoms with E-state index in [1.807, 2.05) is 24.3 Å². The predicted octanol–water partition coefficient (Wildman–Crippen LogP) is 1.81. The van der Waals surface area contributed by atoms with Crippen LogP contribution >= 0.6 is 0 Å². The van der Waals surface area contributed by atoms with E-state index in [0.717, 1.165) is 17.0 Å². The van der Waals surface area contributed by atoms with Crippen molar-refractivity contribution in [3.05, 3.63) is 36.4 Å². The van der Waals surface area contributed by atoms with Crippen LogP contribution in [0, 0.1) is 0 Å². The molecule has 78 valence electrons. The Balaban J connectivity index is 2.53. The zero-order valence-electron chi connectivity index (χ0n) is 8.43. The Hall–Kier alpha value is -1.81. The number of nitrogens with zero attached hydrogens (tertiary/aromatic N) is 1. The molecule has 0 saturated heterocycles. The molecule has 4 heteroatoms. The number of hydrogen-bond acceptors (Lipinski definition) is 4. The van der Waals surface area contributed by atoms with E-state index >= 15 is 0 Å². The van der Waals surface area contributed by atoms with Crippen LogP contribution in [0.1, 0.15) is 5.69 Å². The molecule has 2 aromatic rings. The van der Waals surface area contributed by atoms with Crippen LogP contribution in [0.2, 0.25) is 0 Å². The van der Waals surface area contributed by atoms with E-state index in [2.05, 4.69) is 4.98 Å². The molecule has 2 rings (SSSR count). The zero-order valence-corrected chi connectivity index (χ0v) is 8.43. The van der Waals surface area contributed by atoms with Crippen molar-refractivity contribution in [1.82, 2.24) is 4.98 Å². The van der Waals surface area contributed by atoms with Crippen LogP contribution in [0.25, 0.3) is 11.3 Å². The molecule has 0 radical (unpaired) electrons. The predicted molar refractivity (Wildman–Crippen MR) is 56.4 cm³/mol. The number of oxazole rings is 1. The molecule has 0 fully saturated rings. The van der Waals surface area contributed by atoms with Gasteiger partial charge in [0.1, 0.15) is 11.4 Å². The molecule has 0 aliphatic rings. The molecule has 0 spiro atoms. The highest BCUT2D eigenvalue weighted by Gasteiger charge is 2.13. The molecule has 0 bridgehead atoms. The molecule has 1 heterocycles. The summed E-state index contributed by atoms with van der Waals surface area (Å²) >= 11 is 0. The molecule has 4 nitrogen and oxygen atoms in total. The molecule has 0 amide bonds. The fourth-order valence-corrected chi connectivity index (χ4v) is 1.47. The van der Waals surface area contributed by atoms with Crippen LogP contribution in [0.5, 0.6) is 5.75 Å². The minimum absolute atomic E-state index is 0.351. The summed E-state index contributed by atoms with van der Waals surface area (Å²) in [4.78, 5) is 4.04. The first-order valence-electron chi connectivity index (χ1n) is 4.62. The van der Waals surface area contributed by atoms with Gasteiger partial charge in [-0.2, -0.15) is 0 Å². The number of ether oxygens (including phenoxy) is 1. The van der Waals surface area contributed by atoms with E-state index in [9.17, 15) is 0 Å². The number of nitrogens with two attached hydrogens (primary N) is 1. The first-order valence-corrected chi connectivity index (χ1v) is 4.62. The summed E-state index contributed by atoms with van der Waals surface area (Å²) in [6, 6.07) is 7.61. The van der Waals surface area contributed by atoms with E-state index < -0.39 is 0 Å². The fraction of sp³-hybridized carbons (Fsp3) is 0.182. The molecule has 0 unspecified atom stereocenters. The average Bonchev–Trinajstić information content (AvgIpc) is 2.76. The van der Waals surface area contributed by atoms with E-state index in [-0.39, 0.29) is 0 Å². The van der Waals surface area contributed by atoms with Gasteiger partial charge in [0.2, 0.25) is 0 Å². The zero-order chi connectivity index (χ0) is 10.7. The van der Waals surface area contributed by atoms with Crippen molar-refractivity contribution in [2.24, 2.45) is 5.73 Å². The molecule has 0 saturated carbocycles. The number of para-hydroxylation sites is 1. The second kappa shape index (κ2) is 4.14. The van der Waals surface area contributed by atoms with Gasteiger partial charge in [-0.15, -0.1) is 0 Å². The van der Waals surface area contributed by atoms with Crippen molar-refractivity contribution < 1.29 is 9.15 Å². The van der Waals surface area contributed by atoms with Gasteiger partial charge in [-0.1, -0.05) is 12.1 Å². The summed E-state index contributed by atoms with van der Waals surface area (Å²) < 4.78 is 10.6. The average molecular weight is 204 g/mol. The van der Waals surface area contributed by atoms with Crippen molar-refractivity contribution >= 4 is 0 Å². The van der Waals surface area contributed by atoms with Crippen LogP contribution in [-0.4, -0.2) is 12.1 Å². The largest absolute Gasteiger partial charge is 0.496 e. The number of hydrogen-bond donors (Lipinski definition) is 1. The number of methoxy groups -OCH3 is 1. The third-order valence-electron chi connectivity index (χ3n) is 2.19. The van der Waals surface area contributed by atoms with E-state index in [0.29, 0.717) is 12.3 Å². The summed E-state index contributed by atoms with van der Waals surface area (Å²) in [6.07, 6.45) is 1.39. The summed E-state index contributed by atoms with van der Waals surface area (Å²) in [5, 5.41) is 0. The van der Waals surface area contributed by atoms with Crippen LogP contribution in [-0.2, 0) is 6.54 Å². The number of aromatic nitrogens is 1. The molecular formula is C11H12N2O2. The molecule has 0 atom stereocenters. The minimum Gasteiger partial charge on any atom is -0.496 e. The highest BCUT2D eigenvalue weighted by Crippen LogP contribution is 2.31. The van der Waals surface area contributed by atoms with Gasteiger partial charge < -0.3 is 14.9 Å². The Morgan fingerprint density at radius 2 is 2.20 bits per heavy atom. The smallest absolute Gasteiger partial charge is 0.181 e. The van der Waals surface area contributed by atoms with Gasteiger partial charge in [0.25, 0.3) is 0 Å². The number of rotatable bonds is 3. The first kappa shape index (κ1) is 9.73. The number of benzene rings is 1. The van der Waals surface area contributed by atoms with Gasteiger partial charge >= 0.3 is 0 Å². The second-order valence-corrected chi connectivity index (χ2v) is 3.03.